The molecule has 0 aliphatic carbocycles. The highest BCUT2D eigenvalue weighted by molar-refractivity contribution is 5.90. The van der Waals surface area contributed by atoms with Gasteiger partial charge in [-0.25, -0.2) is 0 Å². The summed E-state index contributed by atoms with van der Waals surface area (Å²) in [5.41, 5.74) is 5.65. The number of primary amides is 1. The van der Waals surface area contributed by atoms with Crippen LogP contribution in [0.15, 0.2) is 12.4 Å². The first-order valence-electron chi connectivity index (χ1n) is 6.47. The van der Waals surface area contributed by atoms with Crippen LogP contribution >= 0.6 is 12.4 Å². The van der Waals surface area contributed by atoms with Crippen LogP contribution in [0.5, 0.6) is 0 Å². The fourth-order valence-electron chi connectivity index (χ4n) is 2.21. The average Bonchev–Trinajstić information content (AvgIpc) is 2.97. The number of carbonyl (C=O) groups excluding carboxylic acids is 2. The van der Waals surface area contributed by atoms with Gasteiger partial charge in [0, 0.05) is 18.7 Å². The molecule has 0 saturated carbocycles. The fourth-order valence-corrected chi connectivity index (χ4v) is 2.21. The number of nitrogens with one attached hydrogen (secondary N) is 2. The quantitative estimate of drug-likeness (QED) is 0.701. The first kappa shape index (κ1) is 16.5. The number of carbonyl (C=O) groups is 2. The zero-order valence-corrected chi connectivity index (χ0v) is 12.0. The summed E-state index contributed by atoms with van der Waals surface area (Å²) < 4.78 is 1.40. The Kier molecular flexibility index (Phi) is 6.47. The Labute approximate surface area is 123 Å². The van der Waals surface area contributed by atoms with Crippen molar-refractivity contribution in [1.29, 1.82) is 0 Å². The molecule has 2 rings (SSSR count). The normalized spacial score (nSPS) is 17.5. The van der Waals surface area contributed by atoms with Gasteiger partial charge >= 0.3 is 0 Å². The molecule has 1 atom stereocenters. The number of hydrogen-bond acceptors (Lipinski definition) is 4. The zero-order chi connectivity index (χ0) is 13.7. The van der Waals surface area contributed by atoms with Crippen LogP contribution in [-0.4, -0.2) is 34.2 Å². The number of aromatic nitrogens is 2. The zero-order valence-electron chi connectivity index (χ0n) is 11.2. The molecule has 0 bridgehead atoms. The van der Waals surface area contributed by atoms with Crippen molar-refractivity contribution in [2.75, 3.05) is 11.9 Å². The van der Waals surface area contributed by atoms with E-state index in [0.29, 0.717) is 18.2 Å². The van der Waals surface area contributed by atoms with E-state index in [4.69, 9.17) is 5.73 Å². The van der Waals surface area contributed by atoms with Gasteiger partial charge in [-0.15, -0.1) is 12.4 Å². The topological polar surface area (TPSA) is 102 Å². The molecule has 8 heteroatoms. The molecular weight excluding hydrogens is 282 g/mol. The summed E-state index contributed by atoms with van der Waals surface area (Å²) in [5, 5.41) is 10.0. The molecule has 1 aromatic heterocycles. The lowest BCUT2D eigenvalue weighted by molar-refractivity contribution is -0.118. The average molecular weight is 302 g/mol. The van der Waals surface area contributed by atoms with Crippen molar-refractivity contribution in [3.8, 4) is 0 Å². The third-order valence-electron chi connectivity index (χ3n) is 3.12. The van der Waals surface area contributed by atoms with Gasteiger partial charge in [0.2, 0.25) is 11.8 Å². The van der Waals surface area contributed by atoms with Gasteiger partial charge in [0.1, 0.15) is 6.54 Å². The lowest BCUT2D eigenvalue weighted by atomic mass is 10.1. The van der Waals surface area contributed by atoms with E-state index in [2.05, 4.69) is 15.7 Å². The van der Waals surface area contributed by atoms with Crippen LogP contribution in [0.4, 0.5) is 5.69 Å². The van der Waals surface area contributed by atoms with Crippen molar-refractivity contribution in [2.24, 2.45) is 5.73 Å². The Morgan fingerprint density at radius 1 is 1.55 bits per heavy atom. The smallest absolute Gasteiger partial charge is 0.239 e. The second-order valence-electron chi connectivity index (χ2n) is 4.77. The Balaban J connectivity index is 0.00000200. The minimum absolute atomic E-state index is 0. The Morgan fingerprint density at radius 3 is 3.00 bits per heavy atom. The van der Waals surface area contributed by atoms with E-state index in [1.165, 1.54) is 17.3 Å². The standard InChI is InChI=1S/C12H19N5O2.ClH/c13-11(18)8-17-7-10(6-15-17)16-12(19)4-3-9-2-1-5-14-9;/h6-7,9,14H,1-5,8H2,(H2,13,18)(H,16,19);1H. The molecule has 1 unspecified atom stereocenters. The van der Waals surface area contributed by atoms with Gasteiger partial charge in [0.05, 0.1) is 11.9 Å². The number of rotatable bonds is 6. The molecule has 1 aliphatic rings. The van der Waals surface area contributed by atoms with Crippen LogP contribution in [0.25, 0.3) is 0 Å². The van der Waals surface area contributed by atoms with Crippen molar-refractivity contribution in [2.45, 2.75) is 38.3 Å². The third-order valence-corrected chi connectivity index (χ3v) is 3.12. The summed E-state index contributed by atoms with van der Waals surface area (Å²) in [6.07, 6.45) is 6.76. The predicted molar refractivity (Wildman–Crippen MR) is 77.6 cm³/mol. The summed E-state index contributed by atoms with van der Waals surface area (Å²) in [6, 6.07) is 0.461. The highest BCUT2D eigenvalue weighted by Gasteiger charge is 2.15. The minimum atomic E-state index is -0.465. The first-order valence-corrected chi connectivity index (χ1v) is 6.47. The van der Waals surface area contributed by atoms with Gasteiger partial charge in [-0.2, -0.15) is 5.10 Å². The second-order valence-corrected chi connectivity index (χ2v) is 4.77. The van der Waals surface area contributed by atoms with Crippen LogP contribution in [0.1, 0.15) is 25.7 Å². The van der Waals surface area contributed by atoms with E-state index in [9.17, 15) is 9.59 Å². The Morgan fingerprint density at radius 2 is 2.35 bits per heavy atom. The lowest BCUT2D eigenvalue weighted by Gasteiger charge is -2.09. The van der Waals surface area contributed by atoms with Crippen LogP contribution in [0.3, 0.4) is 0 Å². The number of nitrogens with two attached hydrogens (primary N) is 1. The van der Waals surface area contributed by atoms with Gasteiger partial charge in [-0.05, 0) is 25.8 Å². The van der Waals surface area contributed by atoms with E-state index < -0.39 is 5.91 Å². The molecule has 1 saturated heterocycles. The van der Waals surface area contributed by atoms with E-state index in [1.54, 1.807) is 6.20 Å². The Bertz CT molecular complexity index is 456. The number of halogens is 1. The molecule has 2 amide bonds. The van der Waals surface area contributed by atoms with Gasteiger partial charge in [-0.3, -0.25) is 14.3 Å². The van der Waals surface area contributed by atoms with Crippen molar-refractivity contribution >= 4 is 29.9 Å². The summed E-state index contributed by atoms with van der Waals surface area (Å²) in [6.45, 7) is 1.06. The van der Waals surface area contributed by atoms with E-state index >= 15 is 0 Å². The summed E-state index contributed by atoms with van der Waals surface area (Å²) in [5.74, 6) is -0.499. The van der Waals surface area contributed by atoms with Crippen LogP contribution in [0.2, 0.25) is 0 Å². The molecule has 7 nitrogen and oxygen atoms in total. The minimum Gasteiger partial charge on any atom is -0.368 e. The maximum Gasteiger partial charge on any atom is 0.239 e. The van der Waals surface area contributed by atoms with Crippen molar-refractivity contribution in [3.63, 3.8) is 0 Å². The molecule has 0 radical (unpaired) electrons. The lowest BCUT2D eigenvalue weighted by Crippen LogP contribution is -2.23. The summed E-state index contributed by atoms with van der Waals surface area (Å²) in [4.78, 5) is 22.4. The fraction of sp³-hybridized carbons (Fsp3) is 0.583. The van der Waals surface area contributed by atoms with E-state index in [1.807, 2.05) is 0 Å². The molecular formula is C12H20ClN5O2. The van der Waals surface area contributed by atoms with E-state index in [-0.39, 0.29) is 24.9 Å². The van der Waals surface area contributed by atoms with Gasteiger partial charge < -0.3 is 16.4 Å². The summed E-state index contributed by atoms with van der Waals surface area (Å²) in [7, 11) is 0. The first-order chi connectivity index (χ1) is 9.13. The monoisotopic (exact) mass is 301 g/mol. The number of amides is 2. The van der Waals surface area contributed by atoms with Gasteiger partial charge in [0.15, 0.2) is 0 Å². The van der Waals surface area contributed by atoms with Crippen molar-refractivity contribution < 1.29 is 9.59 Å². The van der Waals surface area contributed by atoms with Crippen LogP contribution in [0, 0.1) is 0 Å². The Hall–Kier alpha value is -1.60. The van der Waals surface area contributed by atoms with Crippen LogP contribution < -0.4 is 16.4 Å². The van der Waals surface area contributed by atoms with E-state index in [0.717, 1.165) is 19.4 Å². The number of nitrogens with zero attached hydrogens (tertiary/aromatic N) is 2. The molecule has 1 fully saturated rings. The highest BCUT2D eigenvalue weighted by Crippen LogP contribution is 2.12. The van der Waals surface area contributed by atoms with Gasteiger partial charge in [0.25, 0.3) is 0 Å². The molecule has 0 aromatic carbocycles. The maximum atomic E-state index is 11.7. The largest absolute Gasteiger partial charge is 0.368 e. The molecule has 2 heterocycles. The molecule has 4 N–H and O–H groups in total. The molecule has 1 aromatic rings. The van der Waals surface area contributed by atoms with Crippen molar-refractivity contribution in [1.82, 2.24) is 15.1 Å². The van der Waals surface area contributed by atoms with Crippen molar-refractivity contribution in [3.05, 3.63) is 12.4 Å². The molecule has 112 valence electrons. The highest BCUT2D eigenvalue weighted by atomic mass is 35.5. The molecule has 1 aliphatic heterocycles. The number of anilines is 1. The van der Waals surface area contributed by atoms with Gasteiger partial charge in [-0.1, -0.05) is 0 Å². The molecule has 0 spiro atoms. The molecule has 20 heavy (non-hydrogen) atoms. The maximum absolute atomic E-state index is 11.7. The second kappa shape index (κ2) is 7.86. The van der Waals surface area contributed by atoms with Crippen LogP contribution in [-0.2, 0) is 16.1 Å². The number of hydrogen-bond donors (Lipinski definition) is 3. The SMILES string of the molecule is Cl.NC(=O)Cn1cc(NC(=O)CCC2CCCN2)cn1. The predicted octanol–water partition coefficient (Wildman–Crippen LogP) is 0.261. The third kappa shape index (κ3) is 5.18. The summed E-state index contributed by atoms with van der Waals surface area (Å²) >= 11 is 0.